The molecule has 0 radical (unpaired) electrons. The van der Waals surface area contributed by atoms with Gasteiger partial charge in [0.1, 0.15) is 6.04 Å². The average Bonchev–Trinajstić information content (AvgIpc) is 2.46. The fourth-order valence-electron chi connectivity index (χ4n) is 2.46. The van der Waals surface area contributed by atoms with Crippen LogP contribution >= 0.6 is 0 Å². The molecule has 4 N–H and O–H groups in total. The van der Waals surface area contributed by atoms with Crippen LogP contribution < -0.4 is 11.1 Å². The lowest BCUT2D eigenvalue weighted by atomic mass is 10.0. The van der Waals surface area contributed by atoms with E-state index in [4.69, 9.17) is 5.73 Å². The lowest BCUT2D eigenvalue weighted by Crippen LogP contribution is -2.48. The normalized spacial score (nSPS) is 17.7. The van der Waals surface area contributed by atoms with Crippen LogP contribution in [-0.4, -0.2) is 41.1 Å². The van der Waals surface area contributed by atoms with Gasteiger partial charge in [0.05, 0.1) is 0 Å². The van der Waals surface area contributed by atoms with E-state index in [0.29, 0.717) is 25.9 Å². The van der Waals surface area contributed by atoms with Crippen LogP contribution in [0.15, 0.2) is 30.3 Å². The molecule has 1 aliphatic rings. The molecule has 1 unspecified atom stereocenters. The number of rotatable bonds is 4. The van der Waals surface area contributed by atoms with Crippen LogP contribution in [0.5, 0.6) is 0 Å². The van der Waals surface area contributed by atoms with Gasteiger partial charge in [-0.05, 0) is 18.4 Å². The molecule has 1 fully saturated rings. The van der Waals surface area contributed by atoms with Crippen LogP contribution in [0.25, 0.3) is 0 Å². The predicted octanol–water partition coefficient (Wildman–Crippen LogP) is 0.945. The third-order valence-corrected chi connectivity index (χ3v) is 3.59. The largest absolute Gasteiger partial charge is 0.480 e. The molecule has 1 aliphatic heterocycles. The molecule has 6 nitrogen and oxygen atoms in total. The van der Waals surface area contributed by atoms with Gasteiger partial charge in [0.15, 0.2) is 0 Å². The molecule has 0 spiro atoms. The van der Waals surface area contributed by atoms with Crippen LogP contribution in [0.3, 0.4) is 0 Å². The van der Waals surface area contributed by atoms with Crippen molar-refractivity contribution in [1.82, 2.24) is 10.2 Å². The summed E-state index contributed by atoms with van der Waals surface area (Å²) in [4.78, 5) is 24.0. The second kappa shape index (κ2) is 6.38. The Morgan fingerprint density at radius 1 is 1.25 bits per heavy atom. The van der Waals surface area contributed by atoms with Gasteiger partial charge in [-0.2, -0.15) is 0 Å². The molecule has 20 heavy (non-hydrogen) atoms. The molecule has 2 rings (SSSR count). The monoisotopic (exact) mass is 277 g/mol. The van der Waals surface area contributed by atoms with Gasteiger partial charge >= 0.3 is 12.0 Å². The number of carboxylic acids is 1. The first-order chi connectivity index (χ1) is 9.58. The summed E-state index contributed by atoms with van der Waals surface area (Å²) in [7, 11) is 0. The molecule has 1 heterocycles. The number of carboxylic acid groups (broad SMARTS) is 1. The Morgan fingerprint density at radius 2 is 1.85 bits per heavy atom. The average molecular weight is 277 g/mol. The van der Waals surface area contributed by atoms with Gasteiger partial charge in [-0.3, -0.25) is 10.1 Å². The minimum Gasteiger partial charge on any atom is -0.480 e. The lowest BCUT2D eigenvalue weighted by molar-refractivity contribution is -0.140. The van der Waals surface area contributed by atoms with Crippen LogP contribution in [0, 0.1) is 0 Å². The predicted molar refractivity (Wildman–Crippen MR) is 74.1 cm³/mol. The summed E-state index contributed by atoms with van der Waals surface area (Å²) in [5, 5.41) is 12.5. The second-order valence-corrected chi connectivity index (χ2v) is 4.95. The standard InChI is InChI=1S/C14H19N3O3/c15-14(20)17-8-6-11(7-9-17)16-12(13(18)19)10-4-2-1-3-5-10/h1-5,11-12,16H,6-9H2,(H2,15,20)(H,18,19). The van der Waals surface area contributed by atoms with E-state index in [1.54, 1.807) is 17.0 Å². The molecule has 0 saturated carbocycles. The number of likely N-dealkylation sites (tertiary alicyclic amines) is 1. The summed E-state index contributed by atoms with van der Waals surface area (Å²) in [6, 6.07) is 8.03. The first-order valence-electron chi connectivity index (χ1n) is 6.66. The zero-order valence-corrected chi connectivity index (χ0v) is 11.2. The van der Waals surface area contributed by atoms with E-state index in [0.717, 1.165) is 5.56 Å². The Morgan fingerprint density at radius 3 is 2.35 bits per heavy atom. The van der Waals surface area contributed by atoms with Crippen molar-refractivity contribution >= 4 is 12.0 Å². The summed E-state index contributed by atoms with van der Waals surface area (Å²) >= 11 is 0. The molecule has 1 atom stereocenters. The van der Waals surface area contributed by atoms with Crippen molar-refractivity contribution in [2.75, 3.05) is 13.1 Å². The highest BCUT2D eigenvalue weighted by Crippen LogP contribution is 2.18. The number of primary amides is 1. The topological polar surface area (TPSA) is 95.7 Å². The van der Waals surface area contributed by atoms with Gasteiger partial charge in [0, 0.05) is 19.1 Å². The van der Waals surface area contributed by atoms with E-state index in [9.17, 15) is 14.7 Å². The Hall–Kier alpha value is -2.08. The Balaban J connectivity index is 1.97. The van der Waals surface area contributed by atoms with Crippen molar-refractivity contribution in [1.29, 1.82) is 0 Å². The maximum absolute atomic E-state index is 11.4. The number of nitrogens with two attached hydrogens (primary N) is 1. The van der Waals surface area contributed by atoms with E-state index in [2.05, 4.69) is 5.32 Å². The highest BCUT2D eigenvalue weighted by Gasteiger charge is 2.27. The Labute approximate surface area is 117 Å². The van der Waals surface area contributed by atoms with Crippen LogP contribution in [-0.2, 0) is 4.79 Å². The molecule has 108 valence electrons. The number of nitrogens with one attached hydrogen (secondary N) is 1. The summed E-state index contributed by atoms with van der Waals surface area (Å²) in [6.07, 6.45) is 1.42. The zero-order valence-electron chi connectivity index (χ0n) is 11.2. The summed E-state index contributed by atoms with van der Waals surface area (Å²) in [6.45, 7) is 1.13. The van der Waals surface area contributed by atoms with Crippen molar-refractivity contribution in [2.24, 2.45) is 5.73 Å². The maximum atomic E-state index is 11.4. The Kier molecular flexibility index (Phi) is 4.57. The number of carbonyl (C=O) groups is 2. The van der Waals surface area contributed by atoms with Crippen molar-refractivity contribution in [2.45, 2.75) is 24.9 Å². The van der Waals surface area contributed by atoms with Gasteiger partial charge in [-0.1, -0.05) is 30.3 Å². The fourth-order valence-corrected chi connectivity index (χ4v) is 2.46. The molecule has 6 heteroatoms. The van der Waals surface area contributed by atoms with E-state index in [1.807, 2.05) is 18.2 Å². The van der Waals surface area contributed by atoms with Crippen molar-refractivity contribution < 1.29 is 14.7 Å². The fraction of sp³-hybridized carbons (Fsp3) is 0.429. The minimum absolute atomic E-state index is 0.0758. The summed E-state index contributed by atoms with van der Waals surface area (Å²) < 4.78 is 0. The van der Waals surface area contributed by atoms with E-state index in [1.165, 1.54) is 0 Å². The first kappa shape index (κ1) is 14.3. The van der Waals surface area contributed by atoms with Gasteiger partial charge in [0.2, 0.25) is 0 Å². The van der Waals surface area contributed by atoms with Crippen molar-refractivity contribution in [3.05, 3.63) is 35.9 Å². The van der Waals surface area contributed by atoms with Gasteiger partial charge in [-0.15, -0.1) is 0 Å². The number of amides is 2. The van der Waals surface area contributed by atoms with Crippen molar-refractivity contribution in [3.8, 4) is 0 Å². The quantitative estimate of drug-likeness (QED) is 0.763. The van der Waals surface area contributed by atoms with Crippen molar-refractivity contribution in [3.63, 3.8) is 0 Å². The number of carbonyl (C=O) groups excluding carboxylic acids is 1. The third kappa shape index (κ3) is 3.48. The lowest BCUT2D eigenvalue weighted by Gasteiger charge is -2.32. The number of benzene rings is 1. The molecule has 0 bridgehead atoms. The van der Waals surface area contributed by atoms with Gasteiger partial charge in [-0.25, -0.2) is 4.79 Å². The molecule has 1 aromatic carbocycles. The van der Waals surface area contributed by atoms with E-state index < -0.39 is 18.0 Å². The number of piperidine rings is 1. The molecule has 0 aliphatic carbocycles. The SMILES string of the molecule is NC(=O)N1CCC(NC(C(=O)O)c2ccccc2)CC1. The molecule has 1 aromatic rings. The number of hydrogen-bond donors (Lipinski definition) is 3. The number of aliphatic carboxylic acids is 1. The number of hydrogen-bond acceptors (Lipinski definition) is 3. The highest BCUT2D eigenvalue weighted by molar-refractivity contribution is 5.75. The molecule has 1 saturated heterocycles. The maximum Gasteiger partial charge on any atom is 0.325 e. The smallest absolute Gasteiger partial charge is 0.325 e. The second-order valence-electron chi connectivity index (χ2n) is 4.95. The molecule has 0 aromatic heterocycles. The first-order valence-corrected chi connectivity index (χ1v) is 6.66. The summed E-state index contributed by atoms with van der Waals surface area (Å²) in [5.41, 5.74) is 5.96. The third-order valence-electron chi connectivity index (χ3n) is 3.59. The number of nitrogens with zero attached hydrogens (tertiary/aromatic N) is 1. The molecular weight excluding hydrogens is 258 g/mol. The molecule has 2 amide bonds. The van der Waals surface area contributed by atoms with Gasteiger partial charge in [0.25, 0.3) is 0 Å². The van der Waals surface area contributed by atoms with Crippen LogP contribution in [0.2, 0.25) is 0 Å². The van der Waals surface area contributed by atoms with E-state index >= 15 is 0 Å². The zero-order chi connectivity index (χ0) is 14.5. The van der Waals surface area contributed by atoms with E-state index in [-0.39, 0.29) is 6.04 Å². The minimum atomic E-state index is -0.895. The summed E-state index contributed by atoms with van der Waals surface area (Å²) in [5.74, 6) is -0.895. The molecular formula is C14H19N3O3. The highest BCUT2D eigenvalue weighted by atomic mass is 16.4. The Bertz CT molecular complexity index is 470. The number of urea groups is 1. The van der Waals surface area contributed by atoms with Crippen LogP contribution in [0.1, 0.15) is 24.4 Å². The van der Waals surface area contributed by atoms with Crippen LogP contribution in [0.4, 0.5) is 4.79 Å². The van der Waals surface area contributed by atoms with Gasteiger partial charge < -0.3 is 15.7 Å².